The summed E-state index contributed by atoms with van der Waals surface area (Å²) in [5.41, 5.74) is 0.540. The van der Waals surface area contributed by atoms with E-state index in [9.17, 15) is 9.59 Å². The van der Waals surface area contributed by atoms with Crippen molar-refractivity contribution >= 4 is 29.5 Å². The molecule has 22 heavy (non-hydrogen) atoms. The average molecular weight is 329 g/mol. The highest BCUT2D eigenvalue weighted by atomic mass is 35.5. The van der Waals surface area contributed by atoms with Crippen molar-refractivity contribution in [1.29, 1.82) is 0 Å². The maximum atomic E-state index is 11.7. The van der Waals surface area contributed by atoms with E-state index >= 15 is 0 Å². The van der Waals surface area contributed by atoms with Crippen molar-refractivity contribution in [3.8, 4) is 0 Å². The van der Waals surface area contributed by atoms with Gasteiger partial charge in [0.25, 0.3) is 0 Å². The van der Waals surface area contributed by atoms with Gasteiger partial charge in [0, 0.05) is 10.7 Å². The van der Waals surface area contributed by atoms with Gasteiger partial charge in [0.1, 0.15) is 6.61 Å². The van der Waals surface area contributed by atoms with Crippen molar-refractivity contribution < 1.29 is 19.1 Å². The fraction of sp³-hybridized carbons (Fsp3) is 0.467. The molecule has 122 valence electrons. The van der Waals surface area contributed by atoms with Crippen LogP contribution in [0, 0.1) is 0 Å². The molecule has 1 aromatic rings. The number of rotatable bonds is 6. The first kappa shape index (κ1) is 18.1. The van der Waals surface area contributed by atoms with Crippen LogP contribution in [0.2, 0.25) is 5.02 Å². The Hall–Kier alpha value is -1.95. The van der Waals surface area contributed by atoms with Crippen LogP contribution in [-0.4, -0.2) is 30.9 Å². The predicted molar refractivity (Wildman–Crippen MR) is 85.3 cm³/mol. The molecule has 0 bridgehead atoms. The fourth-order valence-corrected chi connectivity index (χ4v) is 1.76. The van der Waals surface area contributed by atoms with E-state index in [1.807, 2.05) is 6.92 Å². The number of carbonyl (C=O) groups is 2. The molecule has 1 rings (SSSR count). The van der Waals surface area contributed by atoms with Gasteiger partial charge >= 0.3 is 12.2 Å². The molecule has 1 aromatic carbocycles. The highest BCUT2D eigenvalue weighted by Crippen LogP contribution is 2.15. The van der Waals surface area contributed by atoms with E-state index in [2.05, 4.69) is 10.6 Å². The van der Waals surface area contributed by atoms with Crippen LogP contribution in [-0.2, 0) is 9.47 Å². The molecule has 0 heterocycles. The van der Waals surface area contributed by atoms with E-state index in [0.29, 0.717) is 17.1 Å². The second kappa shape index (κ2) is 9.15. The lowest BCUT2D eigenvalue weighted by Gasteiger charge is -2.18. The average Bonchev–Trinajstić information content (AvgIpc) is 2.42. The van der Waals surface area contributed by atoms with E-state index in [0.717, 1.165) is 0 Å². The Balaban J connectivity index is 2.39. The zero-order chi connectivity index (χ0) is 16.5. The number of hydrogen-bond donors (Lipinski definition) is 2. The minimum absolute atomic E-state index is 0.0517. The topological polar surface area (TPSA) is 76.7 Å². The first-order chi connectivity index (χ1) is 10.4. The summed E-state index contributed by atoms with van der Waals surface area (Å²) in [5.74, 6) is 0. The molecular weight excluding hydrogens is 308 g/mol. The molecule has 0 aliphatic rings. The first-order valence-electron chi connectivity index (χ1n) is 7.07. The predicted octanol–water partition coefficient (Wildman–Crippen LogP) is 3.80. The minimum Gasteiger partial charge on any atom is -0.447 e. The second-order valence-corrected chi connectivity index (χ2v) is 5.37. The van der Waals surface area contributed by atoms with Crippen molar-refractivity contribution in [3.05, 3.63) is 29.3 Å². The normalized spacial score (nSPS) is 11.7. The third kappa shape index (κ3) is 7.17. The Kier molecular flexibility index (Phi) is 7.52. The molecule has 1 atom stereocenters. The van der Waals surface area contributed by atoms with Crippen LogP contribution in [0.25, 0.3) is 0 Å². The van der Waals surface area contributed by atoms with Crippen molar-refractivity contribution in [2.45, 2.75) is 39.3 Å². The third-order valence-electron chi connectivity index (χ3n) is 2.64. The molecule has 1 unspecified atom stereocenters. The molecule has 0 radical (unpaired) electrons. The van der Waals surface area contributed by atoms with E-state index < -0.39 is 12.2 Å². The van der Waals surface area contributed by atoms with Crippen molar-refractivity contribution in [2.24, 2.45) is 0 Å². The second-order valence-electron chi connectivity index (χ2n) is 4.94. The van der Waals surface area contributed by atoms with E-state index in [1.54, 1.807) is 38.1 Å². The highest BCUT2D eigenvalue weighted by Gasteiger charge is 2.14. The monoisotopic (exact) mass is 328 g/mol. The van der Waals surface area contributed by atoms with Crippen LogP contribution in [0.1, 0.15) is 27.2 Å². The summed E-state index contributed by atoms with van der Waals surface area (Å²) >= 11 is 5.82. The summed E-state index contributed by atoms with van der Waals surface area (Å²) in [6.45, 7) is 5.44. The Morgan fingerprint density at radius 2 is 2.00 bits per heavy atom. The lowest BCUT2D eigenvalue weighted by atomic mass is 10.2. The third-order valence-corrected chi connectivity index (χ3v) is 2.88. The first-order valence-corrected chi connectivity index (χ1v) is 7.45. The van der Waals surface area contributed by atoms with Gasteiger partial charge in [-0.3, -0.25) is 5.32 Å². The van der Waals surface area contributed by atoms with Crippen molar-refractivity contribution in [1.82, 2.24) is 5.32 Å². The maximum absolute atomic E-state index is 11.7. The lowest BCUT2D eigenvalue weighted by Crippen LogP contribution is -2.39. The van der Waals surface area contributed by atoms with Crippen molar-refractivity contribution in [2.75, 3.05) is 11.9 Å². The summed E-state index contributed by atoms with van der Waals surface area (Å²) in [5, 5.41) is 5.71. The number of alkyl carbamates (subject to hydrolysis) is 1. The Labute approximate surface area is 135 Å². The van der Waals surface area contributed by atoms with Crippen LogP contribution in [0.4, 0.5) is 15.3 Å². The number of amides is 2. The summed E-state index contributed by atoms with van der Waals surface area (Å²) in [6.07, 6.45) is -0.734. The summed E-state index contributed by atoms with van der Waals surface area (Å²) in [6, 6.07) is 6.42. The molecule has 0 spiro atoms. The molecule has 0 saturated heterocycles. The summed E-state index contributed by atoms with van der Waals surface area (Å²) < 4.78 is 10.1. The van der Waals surface area contributed by atoms with E-state index in [1.165, 1.54) is 0 Å². The molecule has 0 saturated carbocycles. The number of benzene rings is 1. The largest absolute Gasteiger partial charge is 0.447 e. The van der Waals surface area contributed by atoms with Gasteiger partial charge in [0.05, 0.1) is 12.1 Å². The van der Waals surface area contributed by atoms with Gasteiger partial charge in [0.2, 0.25) is 0 Å². The lowest BCUT2D eigenvalue weighted by molar-refractivity contribution is 0.102. The zero-order valence-corrected chi connectivity index (χ0v) is 13.6. The molecule has 7 heteroatoms. The van der Waals surface area contributed by atoms with Gasteiger partial charge in [-0.05, 0) is 38.5 Å². The van der Waals surface area contributed by atoms with Gasteiger partial charge in [-0.25, -0.2) is 9.59 Å². The van der Waals surface area contributed by atoms with Gasteiger partial charge in [0.15, 0.2) is 0 Å². The number of anilines is 1. The van der Waals surface area contributed by atoms with Gasteiger partial charge < -0.3 is 14.8 Å². The van der Waals surface area contributed by atoms with Gasteiger partial charge in [-0.15, -0.1) is 0 Å². The van der Waals surface area contributed by atoms with Gasteiger partial charge in [-0.1, -0.05) is 24.6 Å². The molecule has 0 aliphatic heterocycles. The van der Waals surface area contributed by atoms with Crippen LogP contribution in [0.15, 0.2) is 24.3 Å². The van der Waals surface area contributed by atoms with Crippen LogP contribution in [0.5, 0.6) is 0 Å². The maximum Gasteiger partial charge on any atom is 0.411 e. The number of nitrogens with one attached hydrogen (secondary N) is 2. The number of ether oxygens (including phenoxy) is 2. The quantitative estimate of drug-likeness (QED) is 0.832. The Bertz CT molecular complexity index is 508. The smallest absolute Gasteiger partial charge is 0.411 e. The van der Waals surface area contributed by atoms with Crippen molar-refractivity contribution in [3.63, 3.8) is 0 Å². The molecule has 2 amide bonds. The molecule has 6 nitrogen and oxygen atoms in total. The molecule has 0 aliphatic carbocycles. The highest BCUT2D eigenvalue weighted by molar-refractivity contribution is 6.30. The van der Waals surface area contributed by atoms with Gasteiger partial charge in [-0.2, -0.15) is 0 Å². The van der Waals surface area contributed by atoms with E-state index in [-0.39, 0.29) is 18.8 Å². The Morgan fingerprint density at radius 1 is 1.27 bits per heavy atom. The number of carbonyl (C=O) groups excluding carboxylic acids is 2. The van der Waals surface area contributed by atoms with Crippen LogP contribution in [0.3, 0.4) is 0 Å². The number of halogens is 1. The van der Waals surface area contributed by atoms with E-state index in [4.69, 9.17) is 21.1 Å². The SMILES string of the molecule is CCC(COC(=O)Nc1cccc(Cl)c1)NC(=O)OC(C)C. The summed E-state index contributed by atoms with van der Waals surface area (Å²) in [7, 11) is 0. The molecule has 0 fully saturated rings. The zero-order valence-electron chi connectivity index (χ0n) is 12.9. The number of hydrogen-bond acceptors (Lipinski definition) is 4. The molecule has 0 aromatic heterocycles. The summed E-state index contributed by atoms with van der Waals surface area (Å²) in [4.78, 5) is 23.2. The molecule has 2 N–H and O–H groups in total. The van der Waals surface area contributed by atoms with Crippen LogP contribution < -0.4 is 10.6 Å². The Morgan fingerprint density at radius 3 is 2.59 bits per heavy atom. The van der Waals surface area contributed by atoms with Crippen LogP contribution >= 0.6 is 11.6 Å². The molecular formula is C15H21ClN2O4. The minimum atomic E-state index is -0.611. The standard InChI is InChI=1S/C15H21ClN2O4/c1-4-12(17-15(20)22-10(2)3)9-21-14(19)18-13-7-5-6-11(16)8-13/h5-8,10,12H,4,9H2,1-3H3,(H,17,20)(H,18,19). The fourth-order valence-electron chi connectivity index (χ4n) is 1.57.